The maximum Gasteiger partial charge on any atom is 0.226 e. The molecule has 0 aromatic carbocycles. The maximum absolute atomic E-state index is 5.72. The monoisotopic (exact) mass is 265 g/mol. The van der Waals surface area contributed by atoms with Gasteiger partial charge in [-0.1, -0.05) is 11.6 Å². The van der Waals surface area contributed by atoms with E-state index in [9.17, 15) is 0 Å². The molecule has 0 amide bonds. The summed E-state index contributed by atoms with van der Waals surface area (Å²) in [6.07, 6.45) is 9.50. The number of aromatic nitrogens is 2. The normalized spacial score (nSPS) is 28.4. The SMILES string of the molecule is C1CCC(c2noc(CCC3CCCCO3)n2)NC1. The Labute approximate surface area is 114 Å². The predicted molar refractivity (Wildman–Crippen MR) is 70.8 cm³/mol. The van der Waals surface area contributed by atoms with E-state index in [0.29, 0.717) is 6.10 Å². The highest BCUT2D eigenvalue weighted by molar-refractivity contribution is 4.96. The summed E-state index contributed by atoms with van der Waals surface area (Å²) in [6, 6.07) is 0.289. The van der Waals surface area contributed by atoms with Crippen LogP contribution in [0.1, 0.15) is 62.7 Å². The van der Waals surface area contributed by atoms with Gasteiger partial charge in [-0.2, -0.15) is 4.98 Å². The van der Waals surface area contributed by atoms with E-state index in [-0.39, 0.29) is 6.04 Å². The average Bonchev–Trinajstić information content (AvgIpc) is 2.96. The lowest BCUT2D eigenvalue weighted by Gasteiger charge is -2.21. The molecule has 1 aromatic heterocycles. The average molecular weight is 265 g/mol. The molecule has 3 heterocycles. The second-order valence-corrected chi connectivity index (χ2v) is 5.58. The van der Waals surface area contributed by atoms with E-state index in [1.165, 1.54) is 32.1 Å². The molecule has 0 saturated carbocycles. The van der Waals surface area contributed by atoms with Crippen molar-refractivity contribution in [1.82, 2.24) is 15.5 Å². The first-order chi connectivity index (χ1) is 9.42. The minimum absolute atomic E-state index is 0.289. The summed E-state index contributed by atoms with van der Waals surface area (Å²) in [5.41, 5.74) is 0. The summed E-state index contributed by atoms with van der Waals surface area (Å²) in [5, 5.41) is 7.56. The zero-order valence-electron chi connectivity index (χ0n) is 11.4. The van der Waals surface area contributed by atoms with Crippen LogP contribution in [0, 0.1) is 0 Å². The quantitative estimate of drug-likeness (QED) is 0.905. The van der Waals surface area contributed by atoms with Gasteiger partial charge in [0.15, 0.2) is 5.82 Å². The van der Waals surface area contributed by atoms with Crippen molar-refractivity contribution in [1.29, 1.82) is 0 Å². The summed E-state index contributed by atoms with van der Waals surface area (Å²) in [6.45, 7) is 1.97. The molecule has 0 aliphatic carbocycles. The number of nitrogens with zero attached hydrogens (tertiary/aromatic N) is 2. The molecule has 3 rings (SSSR count). The zero-order chi connectivity index (χ0) is 12.9. The molecule has 2 aliphatic heterocycles. The van der Waals surface area contributed by atoms with Crippen LogP contribution in [-0.4, -0.2) is 29.4 Å². The Bertz CT molecular complexity index is 382. The molecule has 2 atom stereocenters. The Hall–Kier alpha value is -0.940. The van der Waals surface area contributed by atoms with Gasteiger partial charge in [0.05, 0.1) is 12.1 Å². The predicted octanol–water partition coefficient (Wildman–Crippen LogP) is 2.39. The highest BCUT2D eigenvalue weighted by atomic mass is 16.5. The van der Waals surface area contributed by atoms with Gasteiger partial charge in [-0.25, -0.2) is 0 Å². The molecule has 0 bridgehead atoms. The summed E-state index contributed by atoms with van der Waals surface area (Å²) in [5.74, 6) is 1.59. The van der Waals surface area contributed by atoms with Crippen LogP contribution < -0.4 is 5.32 Å². The number of hydrogen-bond acceptors (Lipinski definition) is 5. The Kier molecular flexibility index (Phi) is 4.45. The molecule has 1 N–H and O–H groups in total. The topological polar surface area (TPSA) is 60.2 Å². The van der Waals surface area contributed by atoms with Crippen molar-refractivity contribution in [2.24, 2.45) is 0 Å². The van der Waals surface area contributed by atoms with Gasteiger partial charge in [0, 0.05) is 13.0 Å². The minimum atomic E-state index is 0.289. The first kappa shape index (κ1) is 13.1. The number of aryl methyl sites for hydroxylation is 1. The lowest BCUT2D eigenvalue weighted by atomic mass is 10.0. The van der Waals surface area contributed by atoms with Gasteiger partial charge < -0.3 is 14.6 Å². The fourth-order valence-electron chi connectivity index (χ4n) is 2.90. The van der Waals surface area contributed by atoms with Gasteiger partial charge in [0.2, 0.25) is 5.89 Å². The number of nitrogens with one attached hydrogen (secondary N) is 1. The first-order valence-corrected chi connectivity index (χ1v) is 7.59. The minimum Gasteiger partial charge on any atom is -0.378 e. The van der Waals surface area contributed by atoms with E-state index in [2.05, 4.69) is 15.5 Å². The molecule has 2 fully saturated rings. The van der Waals surface area contributed by atoms with Crippen molar-refractivity contribution in [3.05, 3.63) is 11.7 Å². The zero-order valence-corrected chi connectivity index (χ0v) is 11.4. The van der Waals surface area contributed by atoms with Crippen molar-refractivity contribution in [3.8, 4) is 0 Å². The van der Waals surface area contributed by atoms with Gasteiger partial charge in [0.1, 0.15) is 0 Å². The third-order valence-corrected chi connectivity index (χ3v) is 4.06. The Morgan fingerprint density at radius 1 is 1.16 bits per heavy atom. The van der Waals surface area contributed by atoms with Crippen LogP contribution in [0.2, 0.25) is 0 Å². The van der Waals surface area contributed by atoms with Gasteiger partial charge in [-0.05, 0) is 45.1 Å². The van der Waals surface area contributed by atoms with Crippen LogP contribution in [0.25, 0.3) is 0 Å². The van der Waals surface area contributed by atoms with Crippen LogP contribution in [-0.2, 0) is 11.2 Å². The van der Waals surface area contributed by atoms with Crippen molar-refractivity contribution in [2.75, 3.05) is 13.2 Å². The molecule has 5 nitrogen and oxygen atoms in total. The fraction of sp³-hybridized carbons (Fsp3) is 0.857. The number of rotatable bonds is 4. The van der Waals surface area contributed by atoms with Crippen LogP contribution in [0.3, 0.4) is 0 Å². The smallest absolute Gasteiger partial charge is 0.226 e. The summed E-state index contributed by atoms with van der Waals surface area (Å²) in [7, 11) is 0. The first-order valence-electron chi connectivity index (χ1n) is 7.59. The molecule has 5 heteroatoms. The summed E-state index contributed by atoms with van der Waals surface area (Å²) >= 11 is 0. The third-order valence-electron chi connectivity index (χ3n) is 4.06. The number of ether oxygens (including phenoxy) is 1. The van der Waals surface area contributed by atoms with Crippen LogP contribution in [0.4, 0.5) is 0 Å². The molecule has 0 radical (unpaired) electrons. The highest BCUT2D eigenvalue weighted by Crippen LogP contribution is 2.21. The van der Waals surface area contributed by atoms with Gasteiger partial charge in [-0.15, -0.1) is 0 Å². The Morgan fingerprint density at radius 2 is 2.11 bits per heavy atom. The standard InChI is InChI=1S/C14H23N3O2/c1-3-9-15-12(6-1)14-16-13(19-17-14)8-7-11-5-2-4-10-18-11/h11-12,15H,1-10H2. The molecule has 0 spiro atoms. The summed E-state index contributed by atoms with van der Waals surface area (Å²) in [4.78, 5) is 4.52. The second kappa shape index (κ2) is 6.48. The molecule has 1 aromatic rings. The van der Waals surface area contributed by atoms with Crippen LogP contribution in [0.15, 0.2) is 4.52 Å². The summed E-state index contributed by atoms with van der Waals surface area (Å²) < 4.78 is 11.1. The van der Waals surface area contributed by atoms with Crippen molar-refractivity contribution < 1.29 is 9.26 Å². The number of piperidine rings is 1. The lowest BCUT2D eigenvalue weighted by molar-refractivity contribution is 0.0104. The van der Waals surface area contributed by atoms with Crippen molar-refractivity contribution >= 4 is 0 Å². The van der Waals surface area contributed by atoms with E-state index >= 15 is 0 Å². The van der Waals surface area contributed by atoms with Gasteiger partial charge >= 0.3 is 0 Å². The van der Waals surface area contributed by atoms with E-state index in [4.69, 9.17) is 9.26 Å². The molecular weight excluding hydrogens is 242 g/mol. The Morgan fingerprint density at radius 3 is 2.89 bits per heavy atom. The Balaban J connectivity index is 1.49. The number of hydrogen-bond donors (Lipinski definition) is 1. The molecule has 106 valence electrons. The highest BCUT2D eigenvalue weighted by Gasteiger charge is 2.21. The second-order valence-electron chi connectivity index (χ2n) is 5.58. The van der Waals surface area contributed by atoms with E-state index < -0.39 is 0 Å². The molecule has 2 unspecified atom stereocenters. The van der Waals surface area contributed by atoms with Gasteiger partial charge in [-0.3, -0.25) is 0 Å². The van der Waals surface area contributed by atoms with Gasteiger partial charge in [0.25, 0.3) is 0 Å². The molecule has 19 heavy (non-hydrogen) atoms. The van der Waals surface area contributed by atoms with Crippen LogP contribution >= 0.6 is 0 Å². The maximum atomic E-state index is 5.72. The fourth-order valence-corrected chi connectivity index (χ4v) is 2.90. The van der Waals surface area contributed by atoms with E-state index in [1.54, 1.807) is 0 Å². The van der Waals surface area contributed by atoms with E-state index in [1.807, 2.05) is 0 Å². The lowest BCUT2D eigenvalue weighted by Crippen LogP contribution is -2.27. The van der Waals surface area contributed by atoms with E-state index in [0.717, 1.165) is 44.1 Å². The molecular formula is C14H23N3O2. The third kappa shape index (κ3) is 3.54. The largest absolute Gasteiger partial charge is 0.378 e. The molecule has 2 aliphatic rings. The van der Waals surface area contributed by atoms with Crippen molar-refractivity contribution in [2.45, 2.75) is 63.5 Å². The molecule has 2 saturated heterocycles. The van der Waals surface area contributed by atoms with Crippen LogP contribution in [0.5, 0.6) is 0 Å². The van der Waals surface area contributed by atoms with Crippen molar-refractivity contribution in [3.63, 3.8) is 0 Å².